The molecule has 2 heterocycles. The average molecular weight is 410 g/mol. The van der Waals surface area contributed by atoms with Crippen molar-refractivity contribution in [2.24, 2.45) is 4.99 Å². The summed E-state index contributed by atoms with van der Waals surface area (Å²) in [4.78, 5) is 23.1. The molecule has 0 N–H and O–H groups in total. The van der Waals surface area contributed by atoms with E-state index < -0.39 is 5.66 Å². The van der Waals surface area contributed by atoms with Gasteiger partial charge in [-0.2, -0.15) is 0 Å². The van der Waals surface area contributed by atoms with Gasteiger partial charge in [-0.05, 0) is 49.4 Å². The molecule has 1 saturated heterocycles. The quantitative estimate of drug-likeness (QED) is 0.712. The summed E-state index contributed by atoms with van der Waals surface area (Å²) in [6.45, 7) is 6.76. The molecular weight excluding hydrogens is 385 g/mol. The van der Waals surface area contributed by atoms with Gasteiger partial charge in [-0.1, -0.05) is 37.3 Å². The molecule has 1 amide bonds. The number of hydrogen-bond acceptors (Lipinski definition) is 4. The van der Waals surface area contributed by atoms with Gasteiger partial charge in [-0.25, -0.2) is 4.39 Å². The zero-order valence-electron chi connectivity index (χ0n) is 16.7. The van der Waals surface area contributed by atoms with Crippen LogP contribution in [0.4, 0.5) is 4.39 Å². The third-order valence-corrected chi connectivity index (χ3v) is 6.32. The van der Waals surface area contributed by atoms with E-state index in [0.29, 0.717) is 16.3 Å². The zero-order valence-corrected chi connectivity index (χ0v) is 17.5. The fraction of sp³-hybridized carbons (Fsp3) is 0.348. The topological polar surface area (TPSA) is 35.9 Å². The Hall–Kier alpha value is -2.44. The number of carbonyl (C=O) groups excluding carboxylic acids is 1. The van der Waals surface area contributed by atoms with E-state index in [4.69, 9.17) is 17.2 Å². The van der Waals surface area contributed by atoms with Crippen molar-refractivity contribution in [2.75, 3.05) is 19.6 Å². The highest BCUT2D eigenvalue weighted by molar-refractivity contribution is 7.82. The Morgan fingerprint density at radius 1 is 1.14 bits per heavy atom. The number of piperidine rings is 1. The van der Waals surface area contributed by atoms with Crippen LogP contribution in [0.3, 0.4) is 0 Å². The van der Waals surface area contributed by atoms with Crippen molar-refractivity contribution in [3.8, 4) is 0 Å². The largest absolute Gasteiger partial charge is 0.303 e. The number of thiocarbonyl (C=S) groups is 1. The molecule has 1 spiro atoms. The van der Waals surface area contributed by atoms with Crippen molar-refractivity contribution in [3.05, 3.63) is 71.0 Å². The van der Waals surface area contributed by atoms with E-state index in [1.807, 2.05) is 31.2 Å². The lowest BCUT2D eigenvalue weighted by Gasteiger charge is -2.42. The maximum absolute atomic E-state index is 13.6. The molecule has 0 unspecified atom stereocenters. The van der Waals surface area contributed by atoms with Gasteiger partial charge in [-0.15, -0.1) is 0 Å². The van der Waals surface area contributed by atoms with Gasteiger partial charge in [0.2, 0.25) is 0 Å². The van der Waals surface area contributed by atoms with Crippen LogP contribution in [0.1, 0.15) is 41.3 Å². The van der Waals surface area contributed by atoms with Gasteiger partial charge in [0.25, 0.3) is 5.91 Å². The second-order valence-corrected chi connectivity index (χ2v) is 8.03. The van der Waals surface area contributed by atoms with E-state index in [1.54, 1.807) is 17.0 Å². The van der Waals surface area contributed by atoms with E-state index in [2.05, 4.69) is 11.8 Å². The lowest BCUT2D eigenvalue weighted by atomic mass is 9.95. The summed E-state index contributed by atoms with van der Waals surface area (Å²) in [6.07, 6.45) is 1.45. The molecule has 0 radical (unpaired) electrons. The lowest BCUT2D eigenvalue weighted by Crippen LogP contribution is -2.55. The number of likely N-dealkylation sites (tertiary alicyclic amines) is 1. The Kier molecular flexibility index (Phi) is 5.32. The second kappa shape index (κ2) is 7.76. The first-order chi connectivity index (χ1) is 13.9. The fourth-order valence-electron chi connectivity index (χ4n) is 4.17. The number of rotatable bonds is 3. The van der Waals surface area contributed by atoms with E-state index in [0.717, 1.165) is 43.6 Å². The number of aryl methyl sites for hydroxylation is 1. The monoisotopic (exact) mass is 409 g/mol. The Balaban J connectivity index is 1.77. The number of benzene rings is 2. The van der Waals surface area contributed by atoms with Crippen LogP contribution in [0, 0.1) is 12.7 Å². The molecule has 2 aliphatic rings. The van der Waals surface area contributed by atoms with Gasteiger partial charge in [-0.3, -0.25) is 14.7 Å². The van der Waals surface area contributed by atoms with E-state index >= 15 is 0 Å². The molecule has 2 aromatic rings. The Morgan fingerprint density at radius 3 is 2.41 bits per heavy atom. The first-order valence-electron chi connectivity index (χ1n) is 9.98. The van der Waals surface area contributed by atoms with Gasteiger partial charge >= 0.3 is 0 Å². The third-order valence-electron chi connectivity index (χ3n) is 5.94. The standard InChI is InChI=1S/C23H24FN3OS/c1-3-26-14-12-23(13-15-26)25-20(17-8-10-18(24)11-9-17)22(29)27(23)21(28)19-7-5-4-6-16(19)2/h4-11H,3,12-15H2,1-2H3. The molecule has 1 fully saturated rings. The number of aliphatic imine (C=N–C) groups is 1. The SMILES string of the molecule is CCN1CCC2(CC1)N=C(c1ccc(F)cc1)C(=S)N2C(=O)c1ccccc1C. The summed E-state index contributed by atoms with van der Waals surface area (Å²) in [6, 6.07) is 13.7. The smallest absolute Gasteiger partial charge is 0.261 e. The van der Waals surface area contributed by atoms with Crippen LogP contribution in [-0.2, 0) is 0 Å². The van der Waals surface area contributed by atoms with Crippen molar-refractivity contribution in [3.63, 3.8) is 0 Å². The maximum atomic E-state index is 13.6. The predicted octanol–water partition coefficient (Wildman–Crippen LogP) is 4.22. The van der Waals surface area contributed by atoms with Crippen molar-refractivity contribution < 1.29 is 9.18 Å². The molecule has 4 rings (SSSR count). The van der Waals surface area contributed by atoms with E-state index in [1.165, 1.54) is 12.1 Å². The van der Waals surface area contributed by atoms with Gasteiger partial charge in [0.05, 0.1) is 0 Å². The van der Waals surface area contributed by atoms with Gasteiger partial charge in [0.15, 0.2) is 0 Å². The average Bonchev–Trinajstić information content (AvgIpc) is 3.01. The van der Waals surface area contributed by atoms with Crippen molar-refractivity contribution >= 4 is 28.8 Å². The minimum absolute atomic E-state index is 0.112. The first-order valence-corrected chi connectivity index (χ1v) is 10.4. The molecule has 0 bridgehead atoms. The number of halogens is 1. The van der Waals surface area contributed by atoms with Crippen LogP contribution in [-0.4, -0.2) is 51.7 Å². The van der Waals surface area contributed by atoms with Crippen molar-refractivity contribution in [1.29, 1.82) is 0 Å². The molecule has 6 heteroatoms. The lowest BCUT2D eigenvalue weighted by molar-refractivity contribution is 0.0544. The summed E-state index contributed by atoms with van der Waals surface area (Å²) >= 11 is 5.77. The first kappa shape index (κ1) is 19.9. The molecule has 0 saturated carbocycles. The van der Waals surface area contributed by atoms with Crippen LogP contribution >= 0.6 is 12.2 Å². The summed E-state index contributed by atoms with van der Waals surface area (Å²) in [5.74, 6) is -0.420. The van der Waals surface area contributed by atoms with Gasteiger partial charge < -0.3 is 4.90 Å². The van der Waals surface area contributed by atoms with E-state index in [-0.39, 0.29) is 11.7 Å². The van der Waals surface area contributed by atoms with Crippen LogP contribution in [0.5, 0.6) is 0 Å². The summed E-state index contributed by atoms with van der Waals surface area (Å²) in [5.41, 5.74) is 2.23. The molecule has 0 aromatic heterocycles. The number of nitrogens with zero attached hydrogens (tertiary/aromatic N) is 3. The minimum Gasteiger partial charge on any atom is -0.303 e. The number of hydrogen-bond donors (Lipinski definition) is 0. The van der Waals surface area contributed by atoms with Crippen molar-refractivity contribution in [1.82, 2.24) is 9.80 Å². The Morgan fingerprint density at radius 2 is 1.79 bits per heavy atom. The molecule has 0 atom stereocenters. The minimum atomic E-state index is -0.675. The third kappa shape index (κ3) is 3.51. The summed E-state index contributed by atoms with van der Waals surface area (Å²) in [5, 5.41) is 0. The summed E-state index contributed by atoms with van der Waals surface area (Å²) in [7, 11) is 0. The zero-order chi connectivity index (χ0) is 20.6. The normalized spacial score (nSPS) is 18.9. The van der Waals surface area contributed by atoms with Gasteiger partial charge in [0.1, 0.15) is 22.2 Å². The molecule has 4 nitrogen and oxygen atoms in total. The highest BCUT2D eigenvalue weighted by atomic mass is 32.1. The Labute approximate surface area is 176 Å². The molecule has 2 aromatic carbocycles. The van der Waals surface area contributed by atoms with Gasteiger partial charge in [0, 0.05) is 37.1 Å². The number of carbonyl (C=O) groups is 1. The summed E-state index contributed by atoms with van der Waals surface area (Å²) < 4.78 is 13.4. The van der Waals surface area contributed by atoms with Crippen molar-refractivity contribution in [2.45, 2.75) is 32.4 Å². The molecule has 29 heavy (non-hydrogen) atoms. The molecular formula is C23H24FN3OS. The maximum Gasteiger partial charge on any atom is 0.261 e. The molecule has 0 aliphatic carbocycles. The fourth-order valence-corrected chi connectivity index (χ4v) is 4.59. The molecule has 2 aliphatic heterocycles. The Bertz CT molecular complexity index is 978. The van der Waals surface area contributed by atoms with Crippen LogP contribution in [0.2, 0.25) is 0 Å². The van der Waals surface area contributed by atoms with Crippen LogP contribution in [0.25, 0.3) is 0 Å². The van der Waals surface area contributed by atoms with Crippen LogP contribution < -0.4 is 0 Å². The number of amides is 1. The highest BCUT2D eigenvalue weighted by Gasteiger charge is 2.50. The second-order valence-electron chi connectivity index (χ2n) is 7.64. The molecule has 150 valence electrons. The van der Waals surface area contributed by atoms with E-state index in [9.17, 15) is 9.18 Å². The predicted molar refractivity (Wildman–Crippen MR) is 117 cm³/mol. The highest BCUT2D eigenvalue weighted by Crippen LogP contribution is 2.38. The van der Waals surface area contributed by atoms with Crippen LogP contribution in [0.15, 0.2) is 53.5 Å².